The van der Waals surface area contributed by atoms with Gasteiger partial charge in [-0.1, -0.05) is 19.8 Å². The maximum absolute atomic E-state index is 3.88. The van der Waals surface area contributed by atoms with Crippen molar-refractivity contribution < 1.29 is 0 Å². The average Bonchev–Trinajstić information content (AvgIpc) is 3.01. The van der Waals surface area contributed by atoms with Crippen molar-refractivity contribution in [3.63, 3.8) is 0 Å². The van der Waals surface area contributed by atoms with Gasteiger partial charge in [0.2, 0.25) is 0 Å². The van der Waals surface area contributed by atoms with Gasteiger partial charge in [0, 0.05) is 12.2 Å². The molecule has 1 N–H and O–H groups in total. The van der Waals surface area contributed by atoms with Gasteiger partial charge in [0.05, 0.1) is 5.69 Å². The lowest BCUT2D eigenvalue weighted by molar-refractivity contribution is 0.300. The van der Waals surface area contributed by atoms with Crippen LogP contribution in [0, 0.1) is 11.8 Å². The fraction of sp³-hybridized carbons (Fsp3) is 0.533. The van der Waals surface area contributed by atoms with E-state index in [1.807, 2.05) is 12.1 Å². The number of tetrazole rings is 1. The summed E-state index contributed by atoms with van der Waals surface area (Å²) in [7, 11) is 0. The van der Waals surface area contributed by atoms with Crippen LogP contribution >= 0.6 is 0 Å². The third-order valence-corrected chi connectivity index (χ3v) is 4.21. The molecule has 0 saturated heterocycles. The molecule has 0 bridgehead atoms. The van der Waals surface area contributed by atoms with Gasteiger partial charge < -0.3 is 5.32 Å². The van der Waals surface area contributed by atoms with Gasteiger partial charge in [0.1, 0.15) is 6.33 Å². The van der Waals surface area contributed by atoms with Crippen molar-refractivity contribution in [3.8, 4) is 5.69 Å². The Morgan fingerprint density at radius 2 is 1.90 bits per heavy atom. The molecule has 0 aliphatic heterocycles. The highest BCUT2D eigenvalue weighted by atomic mass is 15.5. The van der Waals surface area contributed by atoms with Gasteiger partial charge in [-0.05, 0) is 59.4 Å². The summed E-state index contributed by atoms with van der Waals surface area (Å²) in [6, 6.07) is 8.23. The zero-order valence-corrected chi connectivity index (χ0v) is 11.9. The quantitative estimate of drug-likeness (QED) is 0.929. The van der Waals surface area contributed by atoms with Crippen LogP contribution < -0.4 is 5.32 Å². The van der Waals surface area contributed by atoms with E-state index in [0.29, 0.717) is 0 Å². The van der Waals surface area contributed by atoms with Crippen LogP contribution in [0.1, 0.15) is 32.6 Å². The van der Waals surface area contributed by atoms with E-state index in [1.54, 1.807) is 11.0 Å². The molecule has 106 valence electrons. The first-order valence-corrected chi connectivity index (χ1v) is 7.38. The minimum absolute atomic E-state index is 0.824. The molecule has 0 spiro atoms. The molecular formula is C15H21N5. The van der Waals surface area contributed by atoms with Gasteiger partial charge in [-0.3, -0.25) is 0 Å². The number of nitrogens with one attached hydrogen (secondary N) is 1. The molecule has 2 aromatic rings. The molecule has 5 nitrogen and oxygen atoms in total. The molecule has 0 amide bonds. The zero-order valence-electron chi connectivity index (χ0n) is 11.9. The molecule has 0 unspecified atom stereocenters. The summed E-state index contributed by atoms with van der Waals surface area (Å²) in [4.78, 5) is 0. The summed E-state index contributed by atoms with van der Waals surface area (Å²) in [5.74, 6) is 1.74. The molecule has 5 heteroatoms. The summed E-state index contributed by atoms with van der Waals surface area (Å²) >= 11 is 0. The lowest BCUT2D eigenvalue weighted by atomic mass is 9.83. The second-order valence-electron chi connectivity index (χ2n) is 5.81. The van der Waals surface area contributed by atoms with Crippen molar-refractivity contribution in [2.45, 2.75) is 32.6 Å². The van der Waals surface area contributed by atoms with Crippen molar-refractivity contribution in [1.29, 1.82) is 0 Å². The highest BCUT2D eigenvalue weighted by Crippen LogP contribution is 2.28. The molecule has 1 saturated carbocycles. The second kappa shape index (κ2) is 6.03. The van der Waals surface area contributed by atoms with Gasteiger partial charge in [-0.2, -0.15) is 0 Å². The van der Waals surface area contributed by atoms with Gasteiger partial charge in [-0.15, -0.1) is 5.10 Å². The molecular weight excluding hydrogens is 250 g/mol. The van der Waals surface area contributed by atoms with Crippen LogP contribution in [-0.2, 0) is 0 Å². The van der Waals surface area contributed by atoms with Crippen LogP contribution in [0.4, 0.5) is 5.69 Å². The van der Waals surface area contributed by atoms with E-state index in [2.05, 4.69) is 39.9 Å². The van der Waals surface area contributed by atoms with Gasteiger partial charge in [0.25, 0.3) is 0 Å². The van der Waals surface area contributed by atoms with Crippen LogP contribution in [0.15, 0.2) is 30.6 Å². The Kier molecular flexibility index (Phi) is 3.95. The number of benzene rings is 1. The number of anilines is 1. The maximum Gasteiger partial charge on any atom is 0.143 e. The average molecular weight is 271 g/mol. The fourth-order valence-corrected chi connectivity index (χ4v) is 2.81. The Morgan fingerprint density at radius 3 is 2.55 bits per heavy atom. The summed E-state index contributed by atoms with van der Waals surface area (Å²) in [5, 5.41) is 14.7. The molecule has 0 atom stereocenters. The normalized spacial score (nSPS) is 22.6. The first kappa shape index (κ1) is 13.1. The van der Waals surface area contributed by atoms with Crippen LogP contribution in [0.25, 0.3) is 5.69 Å². The van der Waals surface area contributed by atoms with Gasteiger partial charge >= 0.3 is 0 Å². The Bertz CT molecular complexity index is 512. The van der Waals surface area contributed by atoms with E-state index in [4.69, 9.17) is 0 Å². The third-order valence-electron chi connectivity index (χ3n) is 4.21. The summed E-state index contributed by atoms with van der Waals surface area (Å²) < 4.78 is 1.66. The predicted molar refractivity (Wildman–Crippen MR) is 78.8 cm³/mol. The summed E-state index contributed by atoms with van der Waals surface area (Å²) in [6.07, 6.45) is 7.08. The molecule has 1 aromatic carbocycles. The highest BCUT2D eigenvalue weighted by molar-refractivity contribution is 5.48. The Hall–Kier alpha value is -1.91. The summed E-state index contributed by atoms with van der Waals surface area (Å²) in [5.41, 5.74) is 2.15. The van der Waals surface area contributed by atoms with Crippen LogP contribution in [0.5, 0.6) is 0 Å². The third kappa shape index (κ3) is 3.15. The van der Waals surface area contributed by atoms with Crippen LogP contribution in [-0.4, -0.2) is 26.8 Å². The van der Waals surface area contributed by atoms with E-state index < -0.39 is 0 Å². The number of rotatable bonds is 4. The standard InChI is InChI=1S/C15H21N5/c1-12-2-4-13(5-3-12)10-16-14-6-8-15(9-7-14)20-11-17-18-19-20/h6-9,11-13,16H,2-5,10H2,1H3. The summed E-state index contributed by atoms with van der Waals surface area (Å²) in [6.45, 7) is 3.44. The minimum atomic E-state index is 0.824. The number of hydrogen-bond acceptors (Lipinski definition) is 4. The number of aromatic nitrogens is 4. The van der Waals surface area contributed by atoms with E-state index in [0.717, 1.165) is 24.1 Å². The number of hydrogen-bond donors (Lipinski definition) is 1. The van der Waals surface area contributed by atoms with E-state index in [-0.39, 0.29) is 0 Å². The second-order valence-corrected chi connectivity index (χ2v) is 5.81. The van der Waals surface area contributed by atoms with Gasteiger partial charge in [0.15, 0.2) is 0 Å². The zero-order chi connectivity index (χ0) is 13.8. The fourth-order valence-electron chi connectivity index (χ4n) is 2.81. The molecule has 1 aromatic heterocycles. The maximum atomic E-state index is 3.88. The van der Waals surface area contributed by atoms with Crippen molar-refractivity contribution in [2.75, 3.05) is 11.9 Å². The molecule has 1 aliphatic carbocycles. The Morgan fingerprint density at radius 1 is 1.15 bits per heavy atom. The van der Waals surface area contributed by atoms with Crippen molar-refractivity contribution in [2.24, 2.45) is 11.8 Å². The smallest absolute Gasteiger partial charge is 0.143 e. The molecule has 1 fully saturated rings. The van der Waals surface area contributed by atoms with E-state index in [1.165, 1.54) is 31.4 Å². The molecule has 3 rings (SSSR count). The SMILES string of the molecule is CC1CCC(CNc2ccc(-n3cnnn3)cc2)CC1. The van der Waals surface area contributed by atoms with Gasteiger partial charge in [-0.25, -0.2) is 4.68 Å². The minimum Gasteiger partial charge on any atom is -0.385 e. The Labute approximate surface area is 119 Å². The van der Waals surface area contributed by atoms with Crippen molar-refractivity contribution >= 4 is 5.69 Å². The molecule has 1 aliphatic rings. The van der Waals surface area contributed by atoms with Crippen molar-refractivity contribution in [1.82, 2.24) is 20.2 Å². The first-order chi connectivity index (χ1) is 9.81. The van der Waals surface area contributed by atoms with E-state index in [9.17, 15) is 0 Å². The largest absolute Gasteiger partial charge is 0.385 e. The molecule has 1 heterocycles. The number of nitrogens with zero attached hydrogens (tertiary/aromatic N) is 4. The van der Waals surface area contributed by atoms with Crippen LogP contribution in [0.3, 0.4) is 0 Å². The predicted octanol–water partition coefficient (Wildman–Crippen LogP) is 2.90. The lowest BCUT2D eigenvalue weighted by Gasteiger charge is -2.26. The molecule has 20 heavy (non-hydrogen) atoms. The van der Waals surface area contributed by atoms with Crippen molar-refractivity contribution in [3.05, 3.63) is 30.6 Å². The topological polar surface area (TPSA) is 55.6 Å². The Balaban J connectivity index is 1.53. The monoisotopic (exact) mass is 271 g/mol. The molecule has 0 radical (unpaired) electrons. The van der Waals surface area contributed by atoms with E-state index >= 15 is 0 Å². The first-order valence-electron chi connectivity index (χ1n) is 7.38. The lowest BCUT2D eigenvalue weighted by Crippen LogP contribution is -2.20. The van der Waals surface area contributed by atoms with Crippen LogP contribution in [0.2, 0.25) is 0 Å². The highest BCUT2D eigenvalue weighted by Gasteiger charge is 2.17.